The molecule has 0 spiro atoms. The molecule has 0 amide bonds. The standard InChI is InChI=1S/C17H20ClNO/c1-11-5-4-6-12(2)15(11)10-20-17-8-7-14(13(3)19)9-16(17)18/h4-9,13H,10,19H2,1-3H3. The maximum absolute atomic E-state index is 6.24. The molecule has 0 aliphatic heterocycles. The van der Waals surface area contributed by atoms with Crippen LogP contribution in [0.15, 0.2) is 36.4 Å². The molecule has 0 aromatic heterocycles. The highest BCUT2D eigenvalue weighted by atomic mass is 35.5. The van der Waals surface area contributed by atoms with Crippen molar-refractivity contribution in [1.29, 1.82) is 0 Å². The van der Waals surface area contributed by atoms with Gasteiger partial charge in [-0.2, -0.15) is 0 Å². The van der Waals surface area contributed by atoms with Crippen LogP contribution in [-0.2, 0) is 6.61 Å². The molecule has 0 aliphatic rings. The van der Waals surface area contributed by atoms with Crippen molar-refractivity contribution in [2.45, 2.75) is 33.4 Å². The molecule has 2 nitrogen and oxygen atoms in total. The van der Waals surface area contributed by atoms with Gasteiger partial charge in [0, 0.05) is 6.04 Å². The minimum atomic E-state index is -0.0276. The molecule has 0 aliphatic carbocycles. The van der Waals surface area contributed by atoms with Crippen LogP contribution in [0.25, 0.3) is 0 Å². The predicted octanol–water partition coefficient (Wildman–Crippen LogP) is 4.56. The van der Waals surface area contributed by atoms with Gasteiger partial charge in [-0.25, -0.2) is 0 Å². The number of rotatable bonds is 4. The van der Waals surface area contributed by atoms with Crippen molar-refractivity contribution in [2.24, 2.45) is 5.73 Å². The Morgan fingerprint density at radius 1 is 1.15 bits per heavy atom. The van der Waals surface area contributed by atoms with Crippen molar-refractivity contribution in [3.8, 4) is 5.75 Å². The van der Waals surface area contributed by atoms with Gasteiger partial charge in [0.15, 0.2) is 0 Å². The van der Waals surface area contributed by atoms with E-state index in [0.717, 1.165) is 5.56 Å². The third-order valence-electron chi connectivity index (χ3n) is 3.50. The van der Waals surface area contributed by atoms with Crippen LogP contribution < -0.4 is 10.5 Å². The maximum atomic E-state index is 6.24. The van der Waals surface area contributed by atoms with Crippen molar-refractivity contribution in [1.82, 2.24) is 0 Å². The molecule has 0 radical (unpaired) electrons. The summed E-state index contributed by atoms with van der Waals surface area (Å²) in [7, 11) is 0. The number of nitrogens with two attached hydrogens (primary N) is 1. The van der Waals surface area contributed by atoms with Crippen LogP contribution >= 0.6 is 11.6 Å². The molecule has 20 heavy (non-hydrogen) atoms. The second-order valence-corrected chi connectivity index (χ2v) is 5.54. The Hall–Kier alpha value is -1.51. The highest BCUT2D eigenvalue weighted by Crippen LogP contribution is 2.28. The maximum Gasteiger partial charge on any atom is 0.138 e. The van der Waals surface area contributed by atoms with Gasteiger partial charge in [-0.1, -0.05) is 35.9 Å². The monoisotopic (exact) mass is 289 g/mol. The molecular formula is C17H20ClNO. The largest absolute Gasteiger partial charge is 0.487 e. The van der Waals surface area contributed by atoms with Crippen molar-refractivity contribution >= 4 is 11.6 Å². The highest BCUT2D eigenvalue weighted by molar-refractivity contribution is 6.32. The molecule has 1 atom stereocenters. The van der Waals surface area contributed by atoms with E-state index in [1.54, 1.807) is 0 Å². The number of aryl methyl sites for hydroxylation is 2. The lowest BCUT2D eigenvalue weighted by Crippen LogP contribution is -2.05. The normalized spacial score (nSPS) is 12.2. The SMILES string of the molecule is Cc1cccc(C)c1COc1ccc(C(C)N)cc1Cl. The van der Waals surface area contributed by atoms with Gasteiger partial charge in [0.05, 0.1) is 5.02 Å². The van der Waals surface area contributed by atoms with E-state index in [-0.39, 0.29) is 6.04 Å². The van der Waals surface area contributed by atoms with Crippen LogP contribution in [0.4, 0.5) is 0 Å². The molecule has 0 bridgehead atoms. The Labute approximate surface area is 125 Å². The summed E-state index contributed by atoms with van der Waals surface area (Å²) in [5, 5.41) is 0.603. The first-order chi connectivity index (χ1) is 9.49. The third-order valence-corrected chi connectivity index (χ3v) is 3.79. The average molecular weight is 290 g/mol. The van der Waals surface area contributed by atoms with Gasteiger partial charge in [0.25, 0.3) is 0 Å². The van der Waals surface area contributed by atoms with E-state index in [1.807, 2.05) is 25.1 Å². The zero-order valence-electron chi connectivity index (χ0n) is 12.1. The van der Waals surface area contributed by atoms with Gasteiger partial charge in [-0.3, -0.25) is 0 Å². The molecule has 2 aromatic rings. The molecule has 106 valence electrons. The zero-order chi connectivity index (χ0) is 14.7. The molecule has 0 saturated carbocycles. The Bertz CT molecular complexity index is 588. The van der Waals surface area contributed by atoms with E-state index in [1.165, 1.54) is 16.7 Å². The third kappa shape index (κ3) is 3.33. The minimum absolute atomic E-state index is 0.0276. The predicted molar refractivity (Wildman–Crippen MR) is 84.3 cm³/mol. The Morgan fingerprint density at radius 2 is 1.80 bits per heavy atom. The van der Waals surface area contributed by atoms with Gasteiger partial charge in [0.1, 0.15) is 12.4 Å². The quantitative estimate of drug-likeness (QED) is 0.896. The fourth-order valence-corrected chi connectivity index (χ4v) is 2.39. The first kappa shape index (κ1) is 14.9. The summed E-state index contributed by atoms with van der Waals surface area (Å²) in [4.78, 5) is 0. The summed E-state index contributed by atoms with van der Waals surface area (Å²) >= 11 is 6.24. The lowest BCUT2D eigenvalue weighted by molar-refractivity contribution is 0.304. The molecule has 0 saturated heterocycles. The number of halogens is 1. The minimum Gasteiger partial charge on any atom is -0.487 e. The van der Waals surface area contributed by atoms with Gasteiger partial charge in [-0.15, -0.1) is 0 Å². The molecule has 2 aromatic carbocycles. The molecule has 0 heterocycles. The van der Waals surface area contributed by atoms with Gasteiger partial charge < -0.3 is 10.5 Å². The second-order valence-electron chi connectivity index (χ2n) is 5.14. The van der Waals surface area contributed by atoms with E-state index in [9.17, 15) is 0 Å². The van der Waals surface area contributed by atoms with Crippen LogP contribution in [0.2, 0.25) is 5.02 Å². The molecule has 1 unspecified atom stereocenters. The highest BCUT2D eigenvalue weighted by Gasteiger charge is 2.08. The van der Waals surface area contributed by atoms with Crippen molar-refractivity contribution in [3.63, 3.8) is 0 Å². The summed E-state index contributed by atoms with van der Waals surface area (Å²) in [6, 6.07) is 11.9. The lowest BCUT2D eigenvalue weighted by Gasteiger charge is -2.14. The first-order valence-corrected chi connectivity index (χ1v) is 7.09. The van der Waals surface area contributed by atoms with Crippen LogP contribution in [0.3, 0.4) is 0 Å². The summed E-state index contributed by atoms with van der Waals surface area (Å²) in [5.41, 5.74) is 10.5. The Kier molecular flexibility index (Phi) is 4.69. The summed E-state index contributed by atoms with van der Waals surface area (Å²) in [6.07, 6.45) is 0. The lowest BCUT2D eigenvalue weighted by atomic mass is 10.0. The van der Waals surface area contributed by atoms with Crippen LogP contribution in [-0.4, -0.2) is 0 Å². The van der Waals surface area contributed by atoms with Crippen molar-refractivity contribution in [2.75, 3.05) is 0 Å². The van der Waals surface area contributed by atoms with Crippen molar-refractivity contribution < 1.29 is 4.74 Å². The van der Waals surface area contributed by atoms with Crippen LogP contribution in [0, 0.1) is 13.8 Å². The Morgan fingerprint density at radius 3 is 2.35 bits per heavy atom. The average Bonchev–Trinajstić information content (AvgIpc) is 2.39. The number of ether oxygens (including phenoxy) is 1. The molecule has 0 fully saturated rings. The van der Waals surface area contributed by atoms with Crippen molar-refractivity contribution in [3.05, 3.63) is 63.7 Å². The number of hydrogen-bond donors (Lipinski definition) is 1. The zero-order valence-corrected chi connectivity index (χ0v) is 12.9. The molecule has 2 N–H and O–H groups in total. The summed E-state index contributed by atoms with van der Waals surface area (Å²) in [5.74, 6) is 0.693. The van der Waals surface area contributed by atoms with E-state index in [0.29, 0.717) is 17.4 Å². The fraction of sp³-hybridized carbons (Fsp3) is 0.294. The van der Waals surface area contributed by atoms with E-state index >= 15 is 0 Å². The smallest absolute Gasteiger partial charge is 0.138 e. The van der Waals surface area contributed by atoms with E-state index in [4.69, 9.17) is 22.1 Å². The first-order valence-electron chi connectivity index (χ1n) is 6.72. The number of hydrogen-bond acceptors (Lipinski definition) is 2. The summed E-state index contributed by atoms with van der Waals surface area (Å²) < 4.78 is 5.85. The van der Waals surface area contributed by atoms with Crippen LogP contribution in [0.1, 0.15) is 35.2 Å². The van der Waals surface area contributed by atoms with Gasteiger partial charge >= 0.3 is 0 Å². The summed E-state index contributed by atoms with van der Waals surface area (Å²) in [6.45, 7) is 6.64. The van der Waals surface area contributed by atoms with E-state index < -0.39 is 0 Å². The molecule has 3 heteroatoms. The number of benzene rings is 2. The Balaban J connectivity index is 2.15. The second kappa shape index (κ2) is 6.29. The van der Waals surface area contributed by atoms with E-state index in [2.05, 4.69) is 32.0 Å². The van der Waals surface area contributed by atoms with Gasteiger partial charge in [-0.05, 0) is 55.2 Å². The van der Waals surface area contributed by atoms with Gasteiger partial charge in [0.2, 0.25) is 0 Å². The van der Waals surface area contributed by atoms with Crippen LogP contribution in [0.5, 0.6) is 5.75 Å². The molecule has 2 rings (SSSR count). The fourth-order valence-electron chi connectivity index (χ4n) is 2.14. The topological polar surface area (TPSA) is 35.2 Å². The molecular weight excluding hydrogens is 270 g/mol.